The molecule has 2 aromatic heterocycles. The van der Waals surface area contributed by atoms with Gasteiger partial charge >= 0.3 is 0 Å². The van der Waals surface area contributed by atoms with E-state index in [9.17, 15) is 4.79 Å². The number of hydrogen-bond acceptors (Lipinski definition) is 7. The Hall–Kier alpha value is -2.48. The Balaban J connectivity index is 1.89. The monoisotopic (exact) mass is 292 g/mol. The van der Waals surface area contributed by atoms with Gasteiger partial charge < -0.3 is 19.7 Å². The van der Waals surface area contributed by atoms with E-state index in [1.807, 2.05) is 6.92 Å². The Kier molecular flexibility index (Phi) is 5.22. The summed E-state index contributed by atoms with van der Waals surface area (Å²) in [5, 5.41) is 15.2. The molecule has 2 aromatic rings. The van der Waals surface area contributed by atoms with Crippen molar-refractivity contribution in [2.75, 3.05) is 13.2 Å². The molecule has 8 nitrogen and oxygen atoms in total. The zero-order valence-electron chi connectivity index (χ0n) is 11.6. The van der Waals surface area contributed by atoms with Crippen molar-refractivity contribution in [1.82, 2.24) is 20.4 Å². The number of carbonyl (C=O) groups is 1. The third-order valence-electron chi connectivity index (χ3n) is 2.58. The smallest absolute Gasteiger partial charge is 0.256 e. The lowest BCUT2D eigenvalue weighted by Gasteiger charge is -2.08. The summed E-state index contributed by atoms with van der Waals surface area (Å²) in [5.41, 5.74) is 0.378. The molecule has 2 heterocycles. The summed E-state index contributed by atoms with van der Waals surface area (Å²) in [4.78, 5) is 20.0. The van der Waals surface area contributed by atoms with Gasteiger partial charge in [-0.05, 0) is 19.1 Å². The number of amides is 1. The van der Waals surface area contributed by atoms with E-state index in [0.29, 0.717) is 36.8 Å². The molecule has 0 aliphatic carbocycles. The SMILES string of the molecule is CCOc1ncccc1C(=O)NCCc1noc(CO)n1. The van der Waals surface area contributed by atoms with Gasteiger partial charge in [0.1, 0.15) is 12.2 Å². The zero-order valence-corrected chi connectivity index (χ0v) is 11.6. The van der Waals surface area contributed by atoms with Crippen molar-refractivity contribution in [3.05, 3.63) is 35.6 Å². The maximum atomic E-state index is 12.1. The predicted molar refractivity (Wildman–Crippen MR) is 71.7 cm³/mol. The molecular formula is C13H16N4O4. The first-order valence-corrected chi connectivity index (χ1v) is 6.53. The van der Waals surface area contributed by atoms with Crippen LogP contribution in [0.2, 0.25) is 0 Å². The average molecular weight is 292 g/mol. The van der Waals surface area contributed by atoms with Gasteiger partial charge in [-0.3, -0.25) is 4.79 Å². The number of hydrogen-bond donors (Lipinski definition) is 2. The molecule has 0 aliphatic heterocycles. The van der Waals surface area contributed by atoms with Gasteiger partial charge in [0.2, 0.25) is 5.88 Å². The number of nitrogens with zero attached hydrogens (tertiary/aromatic N) is 3. The number of nitrogens with one attached hydrogen (secondary N) is 1. The number of ether oxygens (including phenoxy) is 1. The Labute approximate surface area is 121 Å². The van der Waals surface area contributed by atoms with Crippen molar-refractivity contribution < 1.29 is 19.2 Å². The number of rotatable bonds is 7. The zero-order chi connectivity index (χ0) is 15.1. The van der Waals surface area contributed by atoms with Crippen molar-refractivity contribution in [2.24, 2.45) is 0 Å². The third-order valence-corrected chi connectivity index (χ3v) is 2.58. The summed E-state index contributed by atoms with van der Waals surface area (Å²) in [7, 11) is 0. The molecule has 0 aromatic carbocycles. The molecular weight excluding hydrogens is 276 g/mol. The average Bonchev–Trinajstić information content (AvgIpc) is 2.96. The van der Waals surface area contributed by atoms with E-state index < -0.39 is 0 Å². The van der Waals surface area contributed by atoms with Gasteiger partial charge in [0, 0.05) is 19.2 Å². The third kappa shape index (κ3) is 3.99. The van der Waals surface area contributed by atoms with Gasteiger partial charge in [-0.1, -0.05) is 5.16 Å². The maximum absolute atomic E-state index is 12.1. The topological polar surface area (TPSA) is 110 Å². The molecule has 0 spiro atoms. The van der Waals surface area contributed by atoms with Gasteiger partial charge in [0.05, 0.1) is 6.61 Å². The number of pyridine rings is 1. The van der Waals surface area contributed by atoms with E-state index in [0.717, 1.165) is 0 Å². The summed E-state index contributed by atoms with van der Waals surface area (Å²) in [6.07, 6.45) is 1.97. The maximum Gasteiger partial charge on any atom is 0.256 e. The number of carbonyl (C=O) groups excluding carboxylic acids is 1. The summed E-state index contributed by atoms with van der Waals surface area (Å²) in [6.45, 7) is 2.30. The van der Waals surface area contributed by atoms with Gasteiger partial charge in [-0.25, -0.2) is 4.98 Å². The van der Waals surface area contributed by atoms with Crippen LogP contribution in [-0.2, 0) is 13.0 Å². The first kappa shape index (κ1) is 14.9. The predicted octanol–water partition coefficient (Wildman–Crippen LogP) is 0.328. The fourth-order valence-corrected chi connectivity index (χ4v) is 1.65. The van der Waals surface area contributed by atoms with Gasteiger partial charge in [-0.15, -0.1) is 0 Å². The van der Waals surface area contributed by atoms with Crippen LogP contribution in [0.5, 0.6) is 5.88 Å². The fourth-order valence-electron chi connectivity index (χ4n) is 1.65. The molecule has 8 heteroatoms. The highest BCUT2D eigenvalue weighted by Gasteiger charge is 2.13. The van der Waals surface area contributed by atoms with Crippen molar-refractivity contribution in [3.8, 4) is 5.88 Å². The summed E-state index contributed by atoms with van der Waals surface area (Å²) in [5.74, 6) is 0.606. The largest absolute Gasteiger partial charge is 0.477 e. The van der Waals surface area contributed by atoms with E-state index in [1.165, 1.54) is 0 Å². The molecule has 2 N–H and O–H groups in total. The Morgan fingerprint density at radius 1 is 1.52 bits per heavy atom. The van der Waals surface area contributed by atoms with E-state index in [2.05, 4.69) is 20.4 Å². The minimum atomic E-state index is -0.299. The van der Waals surface area contributed by atoms with Crippen molar-refractivity contribution in [3.63, 3.8) is 0 Å². The van der Waals surface area contributed by atoms with E-state index in [-0.39, 0.29) is 18.4 Å². The van der Waals surface area contributed by atoms with Crippen LogP contribution in [-0.4, -0.2) is 39.3 Å². The number of aromatic nitrogens is 3. The van der Waals surface area contributed by atoms with Gasteiger partial charge in [0.25, 0.3) is 11.8 Å². The van der Waals surface area contributed by atoms with Crippen LogP contribution >= 0.6 is 0 Å². The Morgan fingerprint density at radius 3 is 3.10 bits per heavy atom. The second-order valence-corrected chi connectivity index (χ2v) is 4.06. The lowest BCUT2D eigenvalue weighted by molar-refractivity contribution is 0.0949. The van der Waals surface area contributed by atoms with E-state index in [4.69, 9.17) is 14.4 Å². The Morgan fingerprint density at radius 2 is 2.38 bits per heavy atom. The molecule has 0 saturated carbocycles. The molecule has 21 heavy (non-hydrogen) atoms. The molecule has 0 fully saturated rings. The highest BCUT2D eigenvalue weighted by Crippen LogP contribution is 2.13. The minimum absolute atomic E-state index is 0.155. The van der Waals surface area contributed by atoms with Gasteiger partial charge in [-0.2, -0.15) is 4.98 Å². The fraction of sp³-hybridized carbons (Fsp3) is 0.385. The van der Waals surface area contributed by atoms with Crippen LogP contribution in [0.15, 0.2) is 22.9 Å². The van der Waals surface area contributed by atoms with E-state index in [1.54, 1.807) is 18.3 Å². The quantitative estimate of drug-likeness (QED) is 0.756. The summed E-state index contributed by atoms with van der Waals surface area (Å²) >= 11 is 0. The van der Waals surface area contributed by atoms with Crippen LogP contribution < -0.4 is 10.1 Å². The second-order valence-electron chi connectivity index (χ2n) is 4.06. The molecule has 112 valence electrons. The van der Waals surface area contributed by atoms with Crippen LogP contribution in [0.4, 0.5) is 0 Å². The van der Waals surface area contributed by atoms with Crippen molar-refractivity contribution in [1.29, 1.82) is 0 Å². The summed E-state index contributed by atoms with van der Waals surface area (Å²) < 4.78 is 10.1. The van der Waals surface area contributed by atoms with Crippen LogP contribution in [0.3, 0.4) is 0 Å². The molecule has 0 atom stereocenters. The van der Waals surface area contributed by atoms with Crippen LogP contribution in [0, 0.1) is 0 Å². The standard InChI is InChI=1S/C13H16N4O4/c1-2-20-13-9(4-3-6-15-13)12(19)14-7-5-10-16-11(8-18)21-17-10/h3-4,6,18H,2,5,7-8H2,1H3,(H,14,19). The van der Waals surface area contributed by atoms with Crippen molar-refractivity contribution >= 4 is 5.91 Å². The first-order valence-electron chi connectivity index (χ1n) is 6.53. The van der Waals surface area contributed by atoms with E-state index >= 15 is 0 Å². The minimum Gasteiger partial charge on any atom is -0.477 e. The molecule has 0 unspecified atom stereocenters. The molecule has 0 aliphatic rings. The molecule has 2 rings (SSSR count). The molecule has 0 radical (unpaired) electrons. The van der Waals surface area contributed by atoms with Gasteiger partial charge in [0.15, 0.2) is 5.82 Å². The highest BCUT2D eigenvalue weighted by atomic mass is 16.5. The molecule has 0 bridgehead atoms. The number of aliphatic hydroxyl groups excluding tert-OH is 1. The molecule has 1 amide bonds. The normalized spacial score (nSPS) is 10.4. The molecule has 0 saturated heterocycles. The highest BCUT2D eigenvalue weighted by molar-refractivity contribution is 5.96. The van der Waals surface area contributed by atoms with Crippen LogP contribution in [0.1, 0.15) is 29.0 Å². The van der Waals surface area contributed by atoms with Crippen LogP contribution in [0.25, 0.3) is 0 Å². The summed E-state index contributed by atoms with van der Waals surface area (Å²) in [6, 6.07) is 3.32. The second kappa shape index (κ2) is 7.34. The Bertz CT molecular complexity index is 599. The lowest BCUT2D eigenvalue weighted by atomic mass is 10.2. The number of aliphatic hydroxyl groups is 1. The first-order chi connectivity index (χ1) is 10.2. The van der Waals surface area contributed by atoms with Crippen molar-refractivity contribution in [2.45, 2.75) is 20.0 Å². The lowest BCUT2D eigenvalue weighted by Crippen LogP contribution is -2.26.